The van der Waals surface area contributed by atoms with Crippen LogP contribution in [-0.2, 0) is 11.2 Å². The lowest BCUT2D eigenvalue weighted by atomic mass is 10.1. The molecule has 1 aliphatic rings. The van der Waals surface area contributed by atoms with Gasteiger partial charge in [0.15, 0.2) is 12.6 Å². The maximum absolute atomic E-state index is 12.9. The number of alkyl halides is 3. The first kappa shape index (κ1) is 26.3. The quantitative estimate of drug-likeness (QED) is 0.312. The Morgan fingerprint density at radius 2 is 1.83 bits per heavy atom. The number of guanidine groups is 1. The number of primary amides is 1. The third-order valence-corrected chi connectivity index (χ3v) is 4.85. The number of carbonyl (C=O) groups excluding carboxylic acids is 1. The maximum atomic E-state index is 12.9. The summed E-state index contributed by atoms with van der Waals surface area (Å²) in [5.74, 6) is 0.728. The van der Waals surface area contributed by atoms with Crippen molar-refractivity contribution in [3.05, 3.63) is 29.8 Å². The molecule has 11 heteroatoms. The summed E-state index contributed by atoms with van der Waals surface area (Å²) in [6, 6.07) is 5.91. The lowest BCUT2D eigenvalue weighted by Gasteiger charge is -2.39. The number of amides is 1. The molecule has 1 aliphatic heterocycles. The number of hydrogen-bond donors (Lipinski definition) is 2. The lowest BCUT2D eigenvalue weighted by Crippen LogP contribution is -2.56. The smallest absolute Gasteiger partial charge is 0.403 e. The van der Waals surface area contributed by atoms with E-state index in [0.29, 0.717) is 44.4 Å². The molecule has 3 N–H and O–H groups in total. The lowest BCUT2D eigenvalue weighted by molar-refractivity contribution is -0.181. The van der Waals surface area contributed by atoms with E-state index < -0.39 is 18.1 Å². The first-order valence-corrected chi connectivity index (χ1v) is 9.47. The Morgan fingerprint density at radius 1 is 1.23 bits per heavy atom. The van der Waals surface area contributed by atoms with Gasteiger partial charge in [-0.15, -0.1) is 24.0 Å². The van der Waals surface area contributed by atoms with E-state index in [9.17, 15) is 18.0 Å². The van der Waals surface area contributed by atoms with Gasteiger partial charge in [0.2, 0.25) is 0 Å². The second-order valence-corrected chi connectivity index (χ2v) is 6.86. The highest BCUT2D eigenvalue weighted by Gasteiger charge is 2.41. The second kappa shape index (κ2) is 12.2. The molecule has 1 atom stereocenters. The third-order valence-electron chi connectivity index (χ3n) is 4.85. The fraction of sp³-hybridized carbons (Fsp3) is 0.579. The summed E-state index contributed by atoms with van der Waals surface area (Å²) < 4.78 is 43.8. The highest BCUT2D eigenvalue weighted by molar-refractivity contribution is 14.0. The highest BCUT2D eigenvalue weighted by Crippen LogP contribution is 2.25. The van der Waals surface area contributed by atoms with Gasteiger partial charge in [0.25, 0.3) is 5.91 Å². The highest BCUT2D eigenvalue weighted by atomic mass is 127. The monoisotopic (exact) mass is 543 g/mol. The van der Waals surface area contributed by atoms with Gasteiger partial charge in [-0.1, -0.05) is 12.1 Å². The van der Waals surface area contributed by atoms with Gasteiger partial charge in [-0.3, -0.25) is 14.7 Å². The van der Waals surface area contributed by atoms with Crippen molar-refractivity contribution in [3.63, 3.8) is 0 Å². The number of piperazine rings is 1. The molecule has 0 radical (unpaired) electrons. The van der Waals surface area contributed by atoms with Crippen molar-refractivity contribution in [1.29, 1.82) is 0 Å². The topological polar surface area (TPSA) is 83.2 Å². The van der Waals surface area contributed by atoms with Crippen LogP contribution in [0.5, 0.6) is 5.75 Å². The molecule has 170 valence electrons. The van der Waals surface area contributed by atoms with Gasteiger partial charge >= 0.3 is 6.18 Å². The Morgan fingerprint density at radius 3 is 2.33 bits per heavy atom. The summed E-state index contributed by atoms with van der Waals surface area (Å²) in [7, 11) is 1.66. The Balaban J connectivity index is 0.00000450. The van der Waals surface area contributed by atoms with Crippen LogP contribution < -0.4 is 15.8 Å². The predicted octanol–water partition coefficient (Wildman–Crippen LogP) is 1.85. The standard InChI is InChI=1S/C19H28F3N5O2.HI/c1-14(19(20,21)22)26-9-11-27(12-10-26)18(24-2)25-8-7-15-3-5-16(6-4-15)29-13-17(23)28;/h3-6,14H,7-13H2,1-2H3,(H2,23,28)(H,24,25);1H. The summed E-state index contributed by atoms with van der Waals surface area (Å²) in [6.07, 6.45) is -3.47. The fourth-order valence-corrected chi connectivity index (χ4v) is 3.09. The number of carbonyl (C=O) groups is 1. The van der Waals surface area contributed by atoms with Gasteiger partial charge < -0.3 is 20.7 Å². The molecule has 0 aromatic heterocycles. The van der Waals surface area contributed by atoms with Gasteiger partial charge in [0.1, 0.15) is 11.8 Å². The minimum absolute atomic E-state index is 0. The van der Waals surface area contributed by atoms with E-state index in [-0.39, 0.29) is 30.6 Å². The number of benzene rings is 1. The molecule has 30 heavy (non-hydrogen) atoms. The van der Waals surface area contributed by atoms with Crippen molar-refractivity contribution in [2.45, 2.75) is 25.6 Å². The minimum atomic E-state index is -4.21. The van der Waals surface area contributed by atoms with Gasteiger partial charge in [-0.05, 0) is 31.0 Å². The molecule has 1 aromatic rings. The zero-order valence-electron chi connectivity index (χ0n) is 17.1. The zero-order valence-corrected chi connectivity index (χ0v) is 19.4. The van der Waals surface area contributed by atoms with Crippen LogP contribution >= 0.6 is 24.0 Å². The van der Waals surface area contributed by atoms with Crippen LogP contribution in [0.2, 0.25) is 0 Å². The summed E-state index contributed by atoms with van der Waals surface area (Å²) in [5.41, 5.74) is 6.11. The average Bonchev–Trinajstić information content (AvgIpc) is 2.69. The van der Waals surface area contributed by atoms with Crippen molar-refractivity contribution in [3.8, 4) is 5.75 Å². The van der Waals surface area contributed by atoms with Crippen molar-refractivity contribution < 1.29 is 22.7 Å². The van der Waals surface area contributed by atoms with Crippen molar-refractivity contribution in [1.82, 2.24) is 15.1 Å². The van der Waals surface area contributed by atoms with Gasteiger partial charge in [-0.2, -0.15) is 13.2 Å². The second-order valence-electron chi connectivity index (χ2n) is 6.86. The normalized spacial score (nSPS) is 16.6. The van der Waals surface area contributed by atoms with Crippen LogP contribution in [0.3, 0.4) is 0 Å². The van der Waals surface area contributed by atoms with Gasteiger partial charge in [0.05, 0.1) is 0 Å². The molecule has 0 bridgehead atoms. The van der Waals surface area contributed by atoms with E-state index in [4.69, 9.17) is 10.5 Å². The predicted molar refractivity (Wildman–Crippen MR) is 120 cm³/mol. The van der Waals surface area contributed by atoms with E-state index in [2.05, 4.69) is 10.3 Å². The molecular formula is C19H29F3IN5O2. The van der Waals surface area contributed by atoms with Crippen molar-refractivity contribution in [2.75, 3.05) is 46.4 Å². The molecule has 0 aliphatic carbocycles. The fourth-order valence-electron chi connectivity index (χ4n) is 3.09. The Kier molecular flexibility index (Phi) is 10.7. The summed E-state index contributed by atoms with van der Waals surface area (Å²) in [5, 5.41) is 3.26. The summed E-state index contributed by atoms with van der Waals surface area (Å²) in [6.45, 7) is 3.34. The Hall–Kier alpha value is -1.76. The molecule has 1 aromatic carbocycles. The molecule has 1 unspecified atom stereocenters. The van der Waals surface area contributed by atoms with Crippen LogP contribution in [0, 0.1) is 0 Å². The minimum Gasteiger partial charge on any atom is -0.484 e. The summed E-state index contributed by atoms with van der Waals surface area (Å²) >= 11 is 0. The molecule has 1 amide bonds. The SMILES string of the molecule is CN=C(NCCc1ccc(OCC(N)=O)cc1)N1CCN(C(C)C(F)(F)F)CC1.I. The number of rotatable bonds is 7. The number of nitrogens with zero attached hydrogens (tertiary/aromatic N) is 3. The molecule has 1 saturated heterocycles. The molecular weight excluding hydrogens is 514 g/mol. The van der Waals surface area contributed by atoms with Crippen molar-refractivity contribution in [2.24, 2.45) is 10.7 Å². The average molecular weight is 543 g/mol. The maximum Gasteiger partial charge on any atom is 0.403 e. The molecule has 1 heterocycles. The zero-order chi connectivity index (χ0) is 21.4. The van der Waals surface area contributed by atoms with Crippen LogP contribution in [0.4, 0.5) is 13.2 Å². The third kappa shape index (κ3) is 8.17. The van der Waals surface area contributed by atoms with Crippen LogP contribution in [-0.4, -0.2) is 80.3 Å². The van der Waals surface area contributed by atoms with Crippen LogP contribution in [0.25, 0.3) is 0 Å². The molecule has 0 saturated carbocycles. The van der Waals surface area contributed by atoms with E-state index in [1.807, 2.05) is 17.0 Å². The molecule has 7 nitrogen and oxygen atoms in total. The van der Waals surface area contributed by atoms with Crippen molar-refractivity contribution >= 4 is 35.8 Å². The number of ether oxygens (including phenoxy) is 1. The number of nitrogens with one attached hydrogen (secondary N) is 1. The molecule has 0 spiro atoms. The Bertz CT molecular complexity index is 692. The van der Waals surface area contributed by atoms with E-state index >= 15 is 0 Å². The number of aliphatic imine (C=N–C) groups is 1. The first-order valence-electron chi connectivity index (χ1n) is 9.47. The number of halogens is 4. The van der Waals surface area contributed by atoms with E-state index in [0.717, 1.165) is 12.0 Å². The number of nitrogens with two attached hydrogens (primary N) is 1. The first-order chi connectivity index (χ1) is 13.7. The molecule has 1 fully saturated rings. The number of hydrogen-bond acceptors (Lipinski definition) is 4. The largest absolute Gasteiger partial charge is 0.484 e. The summed E-state index contributed by atoms with van der Waals surface area (Å²) in [4.78, 5) is 18.4. The van der Waals surface area contributed by atoms with Crippen LogP contribution in [0.1, 0.15) is 12.5 Å². The molecule has 2 rings (SSSR count). The van der Waals surface area contributed by atoms with Gasteiger partial charge in [0, 0.05) is 39.8 Å². The Labute approximate surface area is 191 Å². The van der Waals surface area contributed by atoms with E-state index in [1.165, 1.54) is 11.8 Å². The van der Waals surface area contributed by atoms with E-state index in [1.54, 1.807) is 19.2 Å². The van der Waals surface area contributed by atoms with Gasteiger partial charge in [-0.25, -0.2) is 0 Å². The van der Waals surface area contributed by atoms with Crippen LogP contribution in [0.15, 0.2) is 29.3 Å².